The largest absolute Gasteiger partial charge is 0.426 e. The minimum Gasteiger partial charge on any atom is -0.426 e. The zero-order chi connectivity index (χ0) is 22.1. The number of ether oxygens (including phenoxy) is 1. The molecule has 0 aromatic heterocycles. The molecule has 6 nitrogen and oxygen atoms in total. The van der Waals surface area contributed by atoms with Gasteiger partial charge in [0.05, 0.1) is 0 Å². The Balaban J connectivity index is 2.29. The van der Waals surface area contributed by atoms with Crippen LogP contribution >= 0.6 is 0 Å². The summed E-state index contributed by atoms with van der Waals surface area (Å²) in [7, 11) is 0. The molecule has 156 valence electrons. The third kappa shape index (κ3) is 3.43. The van der Waals surface area contributed by atoms with Crippen LogP contribution in [0.5, 0.6) is 5.75 Å². The maximum Gasteiger partial charge on any atom is 0.310 e. The lowest BCUT2D eigenvalue weighted by atomic mass is 9.82. The van der Waals surface area contributed by atoms with Crippen molar-refractivity contribution in [3.05, 3.63) is 64.7 Å². The van der Waals surface area contributed by atoms with E-state index in [1.165, 1.54) is 0 Å². The number of benzene rings is 2. The molecule has 0 aliphatic heterocycles. The molecule has 0 saturated carbocycles. The summed E-state index contributed by atoms with van der Waals surface area (Å²) in [5, 5.41) is 2.66. The molecule has 0 unspecified atom stereocenters. The van der Waals surface area contributed by atoms with Crippen molar-refractivity contribution < 1.29 is 23.9 Å². The molecular formula is C24H25NO5. The summed E-state index contributed by atoms with van der Waals surface area (Å²) < 4.78 is 5.54. The van der Waals surface area contributed by atoms with Crippen LogP contribution in [0, 0.1) is 0 Å². The van der Waals surface area contributed by atoms with Crippen molar-refractivity contribution in [2.75, 3.05) is 0 Å². The van der Waals surface area contributed by atoms with Gasteiger partial charge in [0.25, 0.3) is 0 Å². The lowest BCUT2D eigenvalue weighted by Crippen LogP contribution is -2.54. The first-order valence-corrected chi connectivity index (χ1v) is 10.1. The van der Waals surface area contributed by atoms with Crippen LogP contribution in [0.2, 0.25) is 0 Å². The lowest BCUT2D eigenvalue weighted by Gasteiger charge is -2.29. The third-order valence-electron chi connectivity index (χ3n) is 5.33. The molecule has 30 heavy (non-hydrogen) atoms. The molecule has 0 heterocycles. The maximum absolute atomic E-state index is 13.5. The van der Waals surface area contributed by atoms with Gasteiger partial charge in [-0.3, -0.25) is 19.2 Å². The van der Waals surface area contributed by atoms with Crippen LogP contribution < -0.4 is 10.1 Å². The van der Waals surface area contributed by atoms with Gasteiger partial charge in [0, 0.05) is 29.5 Å². The van der Waals surface area contributed by atoms with Gasteiger partial charge in [0.15, 0.2) is 5.54 Å². The number of nitrogens with one attached hydrogen (secondary N) is 1. The Morgan fingerprint density at radius 3 is 2.07 bits per heavy atom. The number of esters is 1. The van der Waals surface area contributed by atoms with Crippen LogP contribution in [-0.2, 0) is 15.1 Å². The number of fused-ring (bicyclic) bond motifs is 1. The number of ketones is 2. The lowest BCUT2D eigenvalue weighted by molar-refractivity contribution is -0.134. The monoisotopic (exact) mass is 407 g/mol. The van der Waals surface area contributed by atoms with E-state index in [1.807, 2.05) is 13.8 Å². The Bertz CT molecular complexity index is 1000. The number of rotatable bonds is 6. The molecule has 1 aliphatic rings. The first-order valence-electron chi connectivity index (χ1n) is 10.1. The fraction of sp³-hybridized carbons (Fsp3) is 0.333. The Morgan fingerprint density at radius 2 is 1.57 bits per heavy atom. The standard InChI is InChI=1S/C24H25NO5/c1-5-20(26)25-24(22(28)16-9-7-8-10-17(16)23(24)29)18-12-11-15(14(3)4)13-19(18)30-21(27)6-2/h7-14H,5-6H2,1-4H3,(H,25,26). The molecule has 1 amide bonds. The van der Waals surface area contributed by atoms with E-state index >= 15 is 0 Å². The summed E-state index contributed by atoms with van der Waals surface area (Å²) in [6, 6.07) is 11.5. The Labute approximate surface area is 175 Å². The second-order valence-corrected chi connectivity index (χ2v) is 7.59. The van der Waals surface area contributed by atoms with Crippen LogP contribution in [0.25, 0.3) is 0 Å². The van der Waals surface area contributed by atoms with Crippen molar-refractivity contribution in [1.82, 2.24) is 5.32 Å². The van der Waals surface area contributed by atoms with Gasteiger partial charge in [-0.1, -0.05) is 64.1 Å². The SMILES string of the molecule is CCC(=O)NC1(c2ccc(C(C)C)cc2OC(=O)CC)C(=O)c2ccccc2C1=O. The summed E-state index contributed by atoms with van der Waals surface area (Å²) in [6.45, 7) is 7.26. The molecule has 0 fully saturated rings. The van der Waals surface area contributed by atoms with Gasteiger partial charge in [-0.05, 0) is 17.5 Å². The van der Waals surface area contributed by atoms with Crippen LogP contribution in [0.3, 0.4) is 0 Å². The van der Waals surface area contributed by atoms with Crippen LogP contribution in [0.4, 0.5) is 0 Å². The van der Waals surface area contributed by atoms with Crippen molar-refractivity contribution in [3.63, 3.8) is 0 Å². The van der Waals surface area contributed by atoms with Gasteiger partial charge in [-0.2, -0.15) is 0 Å². The van der Waals surface area contributed by atoms with Gasteiger partial charge in [-0.15, -0.1) is 0 Å². The summed E-state index contributed by atoms with van der Waals surface area (Å²) in [4.78, 5) is 51.6. The fourth-order valence-electron chi connectivity index (χ4n) is 3.60. The third-order valence-corrected chi connectivity index (χ3v) is 5.33. The Kier molecular flexibility index (Phi) is 5.87. The van der Waals surface area contributed by atoms with E-state index in [0.29, 0.717) is 0 Å². The first kappa shape index (κ1) is 21.4. The average Bonchev–Trinajstić information content (AvgIpc) is 2.96. The second kappa shape index (κ2) is 8.22. The highest BCUT2D eigenvalue weighted by Gasteiger charge is 2.56. The van der Waals surface area contributed by atoms with Crippen molar-refractivity contribution in [3.8, 4) is 5.75 Å². The molecule has 2 aromatic carbocycles. The number of amides is 1. The first-order chi connectivity index (χ1) is 14.3. The number of carbonyl (C=O) groups is 4. The highest BCUT2D eigenvalue weighted by molar-refractivity contribution is 6.34. The van der Waals surface area contributed by atoms with Crippen molar-refractivity contribution >= 4 is 23.4 Å². The minimum atomic E-state index is -1.96. The summed E-state index contributed by atoms with van der Waals surface area (Å²) in [6.07, 6.45) is 0.217. The number of hydrogen-bond acceptors (Lipinski definition) is 5. The summed E-state index contributed by atoms with van der Waals surface area (Å²) >= 11 is 0. The van der Waals surface area contributed by atoms with Gasteiger partial charge < -0.3 is 10.1 Å². The van der Waals surface area contributed by atoms with E-state index in [9.17, 15) is 19.2 Å². The molecule has 3 rings (SSSR count). The molecule has 0 bridgehead atoms. The smallest absolute Gasteiger partial charge is 0.310 e. The van der Waals surface area contributed by atoms with Crippen molar-refractivity contribution in [2.45, 2.75) is 52.0 Å². The molecule has 0 saturated heterocycles. The molecule has 1 aliphatic carbocycles. The van der Waals surface area contributed by atoms with E-state index in [2.05, 4.69) is 5.32 Å². The van der Waals surface area contributed by atoms with Gasteiger partial charge >= 0.3 is 5.97 Å². The molecule has 0 spiro atoms. The number of carbonyl (C=O) groups excluding carboxylic acids is 4. The number of hydrogen-bond donors (Lipinski definition) is 1. The summed E-state index contributed by atoms with van der Waals surface area (Å²) in [5.41, 5.74) is -0.443. The second-order valence-electron chi connectivity index (χ2n) is 7.59. The van der Waals surface area contributed by atoms with Gasteiger partial charge in [0.2, 0.25) is 17.5 Å². The highest BCUT2D eigenvalue weighted by Crippen LogP contribution is 2.42. The fourth-order valence-corrected chi connectivity index (χ4v) is 3.60. The molecule has 2 aromatic rings. The normalized spacial score (nSPS) is 14.6. The van der Waals surface area contributed by atoms with E-state index < -0.39 is 29.0 Å². The predicted molar refractivity (Wildman–Crippen MR) is 112 cm³/mol. The maximum atomic E-state index is 13.5. The quantitative estimate of drug-likeness (QED) is 0.445. The highest BCUT2D eigenvalue weighted by atomic mass is 16.5. The Morgan fingerprint density at radius 1 is 0.967 bits per heavy atom. The molecule has 0 atom stereocenters. The predicted octanol–water partition coefficient (Wildman–Crippen LogP) is 3.93. The van der Waals surface area contributed by atoms with Crippen LogP contribution in [0.1, 0.15) is 78.3 Å². The molecule has 6 heteroatoms. The topological polar surface area (TPSA) is 89.5 Å². The minimum absolute atomic E-state index is 0.0901. The van der Waals surface area contributed by atoms with Crippen molar-refractivity contribution in [1.29, 1.82) is 0 Å². The van der Waals surface area contributed by atoms with Crippen LogP contribution in [0.15, 0.2) is 42.5 Å². The molecular weight excluding hydrogens is 382 g/mol. The zero-order valence-corrected chi connectivity index (χ0v) is 17.6. The van der Waals surface area contributed by atoms with E-state index in [0.717, 1.165) is 5.56 Å². The van der Waals surface area contributed by atoms with E-state index in [4.69, 9.17) is 4.74 Å². The van der Waals surface area contributed by atoms with Gasteiger partial charge in [-0.25, -0.2) is 0 Å². The average molecular weight is 407 g/mol. The Hall–Kier alpha value is -3.28. The van der Waals surface area contributed by atoms with Crippen LogP contribution in [-0.4, -0.2) is 23.4 Å². The van der Waals surface area contributed by atoms with Crippen molar-refractivity contribution in [2.24, 2.45) is 0 Å². The molecule has 0 radical (unpaired) electrons. The molecule has 1 N–H and O–H groups in total. The van der Waals surface area contributed by atoms with E-state index in [-0.39, 0.29) is 41.2 Å². The summed E-state index contributed by atoms with van der Waals surface area (Å²) in [5.74, 6) is -1.77. The zero-order valence-electron chi connectivity index (χ0n) is 17.6. The van der Waals surface area contributed by atoms with E-state index in [1.54, 1.807) is 56.3 Å². The van der Waals surface area contributed by atoms with Gasteiger partial charge in [0.1, 0.15) is 5.75 Å². The number of Topliss-reactive ketones (excluding diaryl/α,β-unsaturated/α-hetero) is 2.